The topological polar surface area (TPSA) is 48.7 Å². The molecule has 1 N–H and O–H groups in total. The Labute approximate surface area is 111 Å². The van der Waals surface area contributed by atoms with Gasteiger partial charge >= 0.3 is 0 Å². The first kappa shape index (κ1) is 13.2. The quantitative estimate of drug-likeness (QED) is 0.913. The number of pyridine rings is 1. The summed E-state index contributed by atoms with van der Waals surface area (Å²) in [7, 11) is 0. The molecule has 96 valence electrons. The average molecular weight is 255 g/mol. The van der Waals surface area contributed by atoms with Crippen LogP contribution in [0.15, 0.2) is 42.7 Å². The zero-order chi connectivity index (χ0) is 13.7. The Morgan fingerprint density at radius 3 is 2.95 bits per heavy atom. The standard InChI is InChI=1S/C15H14FN3/c1-11(14-3-2-4-18-10-14)19-9-13-5-12(8-17)6-15(16)7-13/h2-7,10-11,19H,9H2,1H3/t11-/m0/s1. The number of nitrogens with zero attached hydrogens (tertiary/aromatic N) is 2. The number of halogens is 1. The molecule has 19 heavy (non-hydrogen) atoms. The van der Waals surface area contributed by atoms with Gasteiger partial charge in [0.25, 0.3) is 0 Å². The van der Waals surface area contributed by atoms with E-state index in [0.717, 1.165) is 11.1 Å². The van der Waals surface area contributed by atoms with Gasteiger partial charge in [-0.2, -0.15) is 5.26 Å². The van der Waals surface area contributed by atoms with E-state index in [9.17, 15) is 4.39 Å². The highest BCUT2D eigenvalue weighted by molar-refractivity contribution is 5.33. The molecule has 4 heteroatoms. The van der Waals surface area contributed by atoms with Crippen LogP contribution in [0, 0.1) is 17.1 Å². The molecule has 0 bridgehead atoms. The molecule has 1 heterocycles. The largest absolute Gasteiger partial charge is 0.306 e. The molecule has 0 saturated heterocycles. The Kier molecular flexibility index (Phi) is 4.22. The minimum atomic E-state index is -0.384. The predicted octanol–water partition coefficient (Wildman–Crippen LogP) is 2.94. The average Bonchev–Trinajstić information content (AvgIpc) is 2.45. The smallest absolute Gasteiger partial charge is 0.124 e. The van der Waals surface area contributed by atoms with Gasteiger partial charge in [0.15, 0.2) is 0 Å². The molecule has 0 radical (unpaired) electrons. The first-order valence-electron chi connectivity index (χ1n) is 6.02. The molecule has 0 unspecified atom stereocenters. The van der Waals surface area contributed by atoms with Crippen molar-refractivity contribution in [2.45, 2.75) is 19.5 Å². The number of hydrogen-bond donors (Lipinski definition) is 1. The van der Waals surface area contributed by atoms with E-state index in [1.165, 1.54) is 12.1 Å². The minimum Gasteiger partial charge on any atom is -0.306 e. The fourth-order valence-electron chi connectivity index (χ4n) is 1.84. The molecule has 0 spiro atoms. The van der Waals surface area contributed by atoms with Crippen molar-refractivity contribution in [2.75, 3.05) is 0 Å². The van der Waals surface area contributed by atoms with Crippen LogP contribution in [0.5, 0.6) is 0 Å². The fourth-order valence-corrected chi connectivity index (χ4v) is 1.84. The summed E-state index contributed by atoms with van der Waals surface area (Å²) in [4.78, 5) is 4.06. The van der Waals surface area contributed by atoms with Crippen molar-refractivity contribution < 1.29 is 4.39 Å². The van der Waals surface area contributed by atoms with E-state index in [4.69, 9.17) is 5.26 Å². The minimum absolute atomic E-state index is 0.113. The number of nitrogens with one attached hydrogen (secondary N) is 1. The maximum atomic E-state index is 13.3. The van der Waals surface area contributed by atoms with E-state index in [1.807, 2.05) is 25.1 Å². The highest BCUT2D eigenvalue weighted by atomic mass is 19.1. The van der Waals surface area contributed by atoms with Crippen LogP contribution in [0.3, 0.4) is 0 Å². The summed E-state index contributed by atoms with van der Waals surface area (Å²) in [5.74, 6) is -0.384. The second-order valence-electron chi connectivity index (χ2n) is 4.35. The molecule has 0 saturated carbocycles. The number of aromatic nitrogens is 1. The SMILES string of the molecule is C[C@H](NCc1cc(F)cc(C#N)c1)c1cccnc1. The molecule has 2 rings (SSSR count). The van der Waals surface area contributed by atoms with Crippen molar-refractivity contribution in [1.29, 1.82) is 5.26 Å². The van der Waals surface area contributed by atoms with Crippen LogP contribution in [0.4, 0.5) is 4.39 Å². The van der Waals surface area contributed by atoms with Crippen LogP contribution in [0.2, 0.25) is 0 Å². The lowest BCUT2D eigenvalue weighted by atomic mass is 10.1. The monoisotopic (exact) mass is 255 g/mol. The van der Waals surface area contributed by atoms with Crippen molar-refractivity contribution in [1.82, 2.24) is 10.3 Å². The molecule has 0 amide bonds. The Morgan fingerprint density at radius 2 is 2.26 bits per heavy atom. The van der Waals surface area contributed by atoms with Crippen LogP contribution in [-0.4, -0.2) is 4.98 Å². The lowest BCUT2D eigenvalue weighted by Gasteiger charge is -2.14. The zero-order valence-corrected chi connectivity index (χ0v) is 10.6. The molecule has 0 aliphatic heterocycles. The third kappa shape index (κ3) is 3.60. The number of benzene rings is 1. The van der Waals surface area contributed by atoms with Crippen molar-refractivity contribution in [2.24, 2.45) is 0 Å². The number of hydrogen-bond acceptors (Lipinski definition) is 3. The van der Waals surface area contributed by atoms with Gasteiger partial charge in [0, 0.05) is 25.0 Å². The van der Waals surface area contributed by atoms with Crippen LogP contribution in [0.1, 0.15) is 29.7 Å². The molecule has 0 aliphatic rings. The van der Waals surface area contributed by atoms with Gasteiger partial charge in [-0.05, 0) is 42.3 Å². The van der Waals surface area contributed by atoms with Crippen LogP contribution >= 0.6 is 0 Å². The van der Waals surface area contributed by atoms with E-state index in [-0.39, 0.29) is 11.9 Å². The first-order chi connectivity index (χ1) is 9.19. The molecule has 0 aliphatic carbocycles. The summed E-state index contributed by atoms with van der Waals surface area (Å²) in [6.07, 6.45) is 3.52. The van der Waals surface area contributed by atoms with Gasteiger partial charge in [-0.1, -0.05) is 6.07 Å². The molecule has 1 atom stereocenters. The number of nitriles is 1. The van der Waals surface area contributed by atoms with Gasteiger partial charge in [0.2, 0.25) is 0 Å². The molecule has 3 nitrogen and oxygen atoms in total. The Bertz CT molecular complexity index is 590. The van der Waals surface area contributed by atoms with Crippen molar-refractivity contribution in [3.05, 3.63) is 65.2 Å². The van der Waals surface area contributed by atoms with E-state index < -0.39 is 0 Å². The summed E-state index contributed by atoms with van der Waals surface area (Å²) in [6, 6.07) is 10.3. The molecule has 1 aromatic carbocycles. The fraction of sp³-hybridized carbons (Fsp3) is 0.200. The lowest BCUT2D eigenvalue weighted by molar-refractivity contribution is 0.567. The van der Waals surface area contributed by atoms with E-state index in [1.54, 1.807) is 18.5 Å². The first-order valence-corrected chi connectivity index (χ1v) is 6.02. The van der Waals surface area contributed by atoms with E-state index in [2.05, 4.69) is 10.3 Å². The van der Waals surface area contributed by atoms with Gasteiger partial charge in [0.05, 0.1) is 11.6 Å². The van der Waals surface area contributed by atoms with Crippen molar-refractivity contribution in [3.63, 3.8) is 0 Å². The molecule has 0 fully saturated rings. The zero-order valence-electron chi connectivity index (χ0n) is 10.6. The van der Waals surface area contributed by atoms with Crippen molar-refractivity contribution in [3.8, 4) is 6.07 Å². The van der Waals surface area contributed by atoms with Crippen molar-refractivity contribution >= 4 is 0 Å². The van der Waals surface area contributed by atoms with Crippen LogP contribution in [0.25, 0.3) is 0 Å². The van der Waals surface area contributed by atoms with Gasteiger partial charge < -0.3 is 5.32 Å². The summed E-state index contributed by atoms with van der Waals surface area (Å²) in [6.45, 7) is 2.52. The van der Waals surface area contributed by atoms with Gasteiger partial charge in [-0.3, -0.25) is 4.98 Å². The Morgan fingerprint density at radius 1 is 1.42 bits per heavy atom. The Balaban J connectivity index is 2.03. The summed E-state index contributed by atoms with van der Waals surface area (Å²) >= 11 is 0. The highest BCUT2D eigenvalue weighted by Gasteiger charge is 2.06. The third-order valence-corrected chi connectivity index (χ3v) is 2.88. The molecule has 1 aromatic heterocycles. The predicted molar refractivity (Wildman–Crippen MR) is 70.6 cm³/mol. The second-order valence-corrected chi connectivity index (χ2v) is 4.35. The number of rotatable bonds is 4. The summed E-state index contributed by atoms with van der Waals surface area (Å²) < 4.78 is 13.3. The second kappa shape index (κ2) is 6.07. The summed E-state index contributed by atoms with van der Waals surface area (Å²) in [5.41, 5.74) is 2.16. The van der Waals surface area contributed by atoms with Crippen LogP contribution < -0.4 is 5.32 Å². The molecular weight excluding hydrogens is 241 g/mol. The van der Waals surface area contributed by atoms with Gasteiger partial charge in [-0.15, -0.1) is 0 Å². The normalized spacial score (nSPS) is 11.8. The van der Waals surface area contributed by atoms with Crippen LogP contribution in [-0.2, 0) is 6.54 Å². The molecule has 2 aromatic rings. The van der Waals surface area contributed by atoms with E-state index >= 15 is 0 Å². The third-order valence-electron chi connectivity index (χ3n) is 2.88. The van der Waals surface area contributed by atoms with Gasteiger partial charge in [-0.25, -0.2) is 4.39 Å². The summed E-state index contributed by atoms with van der Waals surface area (Å²) in [5, 5.41) is 12.1. The lowest BCUT2D eigenvalue weighted by Crippen LogP contribution is -2.18. The maximum absolute atomic E-state index is 13.3. The van der Waals surface area contributed by atoms with E-state index in [0.29, 0.717) is 12.1 Å². The molecular formula is C15H14FN3. The highest BCUT2D eigenvalue weighted by Crippen LogP contribution is 2.13. The van der Waals surface area contributed by atoms with Gasteiger partial charge in [0.1, 0.15) is 5.82 Å². The maximum Gasteiger partial charge on any atom is 0.124 e. The Hall–Kier alpha value is -2.25.